The van der Waals surface area contributed by atoms with Crippen LogP contribution >= 0.6 is 0 Å². The minimum absolute atomic E-state index is 0.0607. The van der Waals surface area contributed by atoms with Crippen LogP contribution in [0.25, 0.3) is 0 Å². The molecule has 6 nitrogen and oxygen atoms in total. The van der Waals surface area contributed by atoms with Gasteiger partial charge >= 0.3 is 0 Å². The number of carbonyl (C=O) groups excluding carboxylic acids is 2. The van der Waals surface area contributed by atoms with E-state index < -0.39 is 0 Å². The van der Waals surface area contributed by atoms with Crippen LogP contribution in [-0.4, -0.2) is 52.7 Å². The number of nitrogens with zero attached hydrogens (tertiary/aromatic N) is 1. The molecule has 2 amide bonds. The van der Waals surface area contributed by atoms with Gasteiger partial charge in [0.2, 0.25) is 11.8 Å². The quantitative estimate of drug-likeness (QED) is 0.818. The first-order valence-corrected chi connectivity index (χ1v) is 10.5. The van der Waals surface area contributed by atoms with Gasteiger partial charge in [0.25, 0.3) is 0 Å². The molecule has 2 fully saturated rings. The van der Waals surface area contributed by atoms with Crippen LogP contribution < -0.4 is 10.1 Å². The van der Waals surface area contributed by atoms with Gasteiger partial charge in [-0.25, -0.2) is 0 Å². The Balaban J connectivity index is 1.51. The molecule has 0 aromatic heterocycles. The summed E-state index contributed by atoms with van der Waals surface area (Å²) in [6, 6.07) is 7.98. The SMILES string of the molecule is CC(=O)N1CCC2(CC1)CC(C(=O)NC1CCC(O)CC1)c1ccccc1O2. The number of rotatable bonds is 2. The zero-order chi connectivity index (χ0) is 19.7. The second-order valence-corrected chi connectivity index (χ2v) is 8.60. The summed E-state index contributed by atoms with van der Waals surface area (Å²) in [5.41, 5.74) is 0.570. The van der Waals surface area contributed by atoms with E-state index in [1.807, 2.05) is 29.2 Å². The Bertz CT molecular complexity index is 734. The molecule has 2 heterocycles. The van der Waals surface area contributed by atoms with Gasteiger partial charge in [0.1, 0.15) is 11.4 Å². The molecule has 1 saturated heterocycles. The van der Waals surface area contributed by atoms with Crippen LogP contribution in [0.5, 0.6) is 5.75 Å². The van der Waals surface area contributed by atoms with Gasteiger partial charge in [0.05, 0.1) is 12.0 Å². The van der Waals surface area contributed by atoms with Gasteiger partial charge in [-0.05, 0) is 31.7 Å². The van der Waals surface area contributed by atoms with Crippen molar-refractivity contribution in [3.63, 3.8) is 0 Å². The summed E-state index contributed by atoms with van der Waals surface area (Å²) in [4.78, 5) is 26.8. The van der Waals surface area contributed by atoms with Crippen molar-refractivity contribution in [1.82, 2.24) is 10.2 Å². The number of nitrogens with one attached hydrogen (secondary N) is 1. The van der Waals surface area contributed by atoms with Crippen LogP contribution in [0.1, 0.15) is 63.4 Å². The first-order valence-electron chi connectivity index (χ1n) is 10.5. The molecule has 3 aliphatic rings. The molecule has 1 saturated carbocycles. The summed E-state index contributed by atoms with van der Waals surface area (Å²) in [6.45, 7) is 2.95. The van der Waals surface area contributed by atoms with E-state index in [1.54, 1.807) is 6.92 Å². The Kier molecular flexibility index (Phi) is 5.32. The fraction of sp³-hybridized carbons (Fsp3) is 0.636. The van der Waals surface area contributed by atoms with Crippen molar-refractivity contribution in [2.75, 3.05) is 13.1 Å². The van der Waals surface area contributed by atoms with Crippen LogP contribution in [0.15, 0.2) is 24.3 Å². The minimum Gasteiger partial charge on any atom is -0.487 e. The summed E-state index contributed by atoms with van der Waals surface area (Å²) in [5.74, 6) is 0.718. The molecule has 152 valence electrons. The standard InChI is InChI=1S/C22H30N2O4/c1-15(25)24-12-10-22(11-13-24)14-19(18-4-2-3-5-20(18)28-22)21(27)23-16-6-8-17(26)9-7-16/h2-5,16-17,19,26H,6-14H2,1H3,(H,23,27). The number of aliphatic hydroxyl groups excluding tert-OH is 1. The summed E-state index contributed by atoms with van der Waals surface area (Å²) >= 11 is 0. The topological polar surface area (TPSA) is 78.9 Å². The molecule has 0 bridgehead atoms. The number of amides is 2. The Morgan fingerprint density at radius 2 is 1.82 bits per heavy atom. The zero-order valence-electron chi connectivity index (χ0n) is 16.5. The average Bonchev–Trinajstić information content (AvgIpc) is 2.69. The molecule has 2 N–H and O–H groups in total. The number of piperidine rings is 1. The van der Waals surface area contributed by atoms with E-state index in [0.29, 0.717) is 19.5 Å². The maximum Gasteiger partial charge on any atom is 0.228 e. The molecule has 1 aromatic rings. The van der Waals surface area contributed by atoms with Crippen LogP contribution in [-0.2, 0) is 9.59 Å². The molecular formula is C22H30N2O4. The summed E-state index contributed by atoms with van der Waals surface area (Å²) in [6.07, 6.45) is 5.08. The maximum absolute atomic E-state index is 13.2. The van der Waals surface area contributed by atoms with E-state index in [2.05, 4.69) is 5.32 Å². The van der Waals surface area contributed by atoms with Crippen molar-refractivity contribution in [3.05, 3.63) is 29.8 Å². The maximum atomic E-state index is 13.2. The second-order valence-electron chi connectivity index (χ2n) is 8.60. The number of para-hydroxylation sites is 1. The van der Waals surface area contributed by atoms with Crippen molar-refractivity contribution in [1.29, 1.82) is 0 Å². The number of hydrogen-bond acceptors (Lipinski definition) is 4. The largest absolute Gasteiger partial charge is 0.487 e. The third-order valence-electron chi connectivity index (χ3n) is 6.68. The van der Waals surface area contributed by atoms with Crippen molar-refractivity contribution in [2.45, 2.75) is 75.5 Å². The molecule has 1 spiro atoms. The molecule has 1 aromatic carbocycles. The average molecular weight is 386 g/mol. The highest BCUT2D eigenvalue weighted by Crippen LogP contribution is 2.45. The van der Waals surface area contributed by atoms with E-state index in [-0.39, 0.29) is 35.5 Å². The van der Waals surface area contributed by atoms with Crippen molar-refractivity contribution >= 4 is 11.8 Å². The van der Waals surface area contributed by atoms with Gasteiger partial charge < -0.3 is 20.1 Å². The second kappa shape index (κ2) is 7.74. The van der Waals surface area contributed by atoms with Crippen LogP contribution in [0, 0.1) is 0 Å². The number of likely N-dealkylation sites (tertiary alicyclic amines) is 1. The number of carbonyl (C=O) groups is 2. The van der Waals surface area contributed by atoms with Crippen LogP contribution in [0.3, 0.4) is 0 Å². The van der Waals surface area contributed by atoms with E-state index in [4.69, 9.17) is 4.74 Å². The van der Waals surface area contributed by atoms with Crippen molar-refractivity contribution in [3.8, 4) is 5.75 Å². The predicted octanol–water partition coefficient (Wildman–Crippen LogP) is 2.35. The summed E-state index contributed by atoms with van der Waals surface area (Å²) in [5, 5.41) is 12.9. The molecule has 1 atom stereocenters. The highest BCUT2D eigenvalue weighted by Gasteiger charge is 2.45. The zero-order valence-corrected chi connectivity index (χ0v) is 16.5. The Morgan fingerprint density at radius 3 is 2.50 bits per heavy atom. The molecule has 4 rings (SSSR count). The van der Waals surface area contributed by atoms with E-state index in [0.717, 1.165) is 49.8 Å². The molecule has 0 radical (unpaired) electrons. The number of hydrogen-bond donors (Lipinski definition) is 2. The van der Waals surface area contributed by atoms with Crippen LogP contribution in [0.4, 0.5) is 0 Å². The first-order chi connectivity index (χ1) is 13.5. The predicted molar refractivity (Wildman–Crippen MR) is 105 cm³/mol. The molecule has 28 heavy (non-hydrogen) atoms. The number of benzene rings is 1. The van der Waals surface area contributed by atoms with Gasteiger partial charge in [-0.15, -0.1) is 0 Å². The first kappa shape index (κ1) is 19.2. The summed E-state index contributed by atoms with van der Waals surface area (Å²) < 4.78 is 6.42. The normalized spacial score (nSPS) is 28.9. The monoisotopic (exact) mass is 386 g/mol. The van der Waals surface area contributed by atoms with Gasteiger partial charge in [0.15, 0.2) is 0 Å². The Labute approximate surface area is 166 Å². The highest BCUT2D eigenvalue weighted by molar-refractivity contribution is 5.85. The molecule has 1 unspecified atom stereocenters. The molecular weight excluding hydrogens is 356 g/mol. The fourth-order valence-electron chi connectivity index (χ4n) is 4.91. The van der Waals surface area contributed by atoms with Gasteiger partial charge in [0, 0.05) is 50.9 Å². The lowest BCUT2D eigenvalue weighted by Gasteiger charge is -2.46. The Morgan fingerprint density at radius 1 is 1.14 bits per heavy atom. The smallest absolute Gasteiger partial charge is 0.228 e. The number of aliphatic hydroxyl groups is 1. The fourth-order valence-corrected chi connectivity index (χ4v) is 4.91. The van der Waals surface area contributed by atoms with E-state index in [1.165, 1.54) is 0 Å². The third kappa shape index (κ3) is 3.88. The minimum atomic E-state index is -0.384. The lowest BCUT2D eigenvalue weighted by Crippen LogP contribution is -2.53. The Hall–Kier alpha value is -2.08. The van der Waals surface area contributed by atoms with Gasteiger partial charge in [-0.2, -0.15) is 0 Å². The highest BCUT2D eigenvalue weighted by atomic mass is 16.5. The van der Waals surface area contributed by atoms with Gasteiger partial charge in [-0.3, -0.25) is 9.59 Å². The van der Waals surface area contributed by atoms with E-state index >= 15 is 0 Å². The molecule has 2 aliphatic heterocycles. The molecule has 6 heteroatoms. The van der Waals surface area contributed by atoms with Crippen molar-refractivity contribution in [2.24, 2.45) is 0 Å². The number of ether oxygens (including phenoxy) is 1. The third-order valence-corrected chi connectivity index (χ3v) is 6.68. The lowest BCUT2D eigenvalue weighted by molar-refractivity contribution is -0.135. The summed E-state index contributed by atoms with van der Waals surface area (Å²) in [7, 11) is 0. The van der Waals surface area contributed by atoms with E-state index in [9.17, 15) is 14.7 Å². The molecule has 1 aliphatic carbocycles. The van der Waals surface area contributed by atoms with Crippen molar-refractivity contribution < 1.29 is 19.4 Å². The van der Waals surface area contributed by atoms with Gasteiger partial charge in [-0.1, -0.05) is 18.2 Å². The number of fused-ring (bicyclic) bond motifs is 1. The van der Waals surface area contributed by atoms with Crippen LogP contribution in [0.2, 0.25) is 0 Å². The lowest BCUT2D eigenvalue weighted by atomic mass is 9.76.